The Hall–Kier alpha value is -4.75. The number of anilines is 1. The number of hydrogen-bond donors (Lipinski definition) is 0. The number of aromatic nitrogens is 5. The van der Waals surface area contributed by atoms with Crippen LogP contribution in [-0.2, 0) is 17.6 Å². The molecule has 1 fully saturated rings. The largest absolute Gasteiger partial charge is 0.710 e. The zero-order chi connectivity index (χ0) is 32.8. The molecule has 0 N–H and O–H groups in total. The van der Waals surface area contributed by atoms with Gasteiger partial charge in [0.25, 0.3) is 0 Å². The third kappa shape index (κ3) is 5.76. The average Bonchev–Trinajstić information content (AvgIpc) is 2.97. The van der Waals surface area contributed by atoms with Crippen LogP contribution in [0, 0.1) is 22.7 Å². The predicted octanol–water partition coefficient (Wildman–Crippen LogP) is 4.46. The van der Waals surface area contributed by atoms with Crippen molar-refractivity contribution < 1.29 is 27.4 Å². The zero-order valence-corrected chi connectivity index (χ0v) is 25.9. The van der Waals surface area contributed by atoms with Gasteiger partial charge in [-0.25, -0.2) is 37.5 Å². The van der Waals surface area contributed by atoms with Gasteiger partial charge >= 0.3 is 17.4 Å². The number of pyridine rings is 1. The lowest BCUT2D eigenvalue weighted by atomic mass is 10.1. The van der Waals surface area contributed by atoms with Crippen LogP contribution in [0.25, 0.3) is 28.0 Å². The van der Waals surface area contributed by atoms with Crippen LogP contribution in [0.2, 0.25) is 0 Å². The van der Waals surface area contributed by atoms with Crippen molar-refractivity contribution in [3.63, 3.8) is 0 Å². The summed E-state index contributed by atoms with van der Waals surface area (Å²) in [6.07, 6.45) is 1.52. The molecule has 0 saturated carbocycles. The van der Waals surface area contributed by atoms with Gasteiger partial charge in [0.2, 0.25) is 0 Å². The third-order valence-electron chi connectivity index (χ3n) is 7.60. The van der Waals surface area contributed by atoms with Crippen molar-refractivity contribution in [1.82, 2.24) is 24.4 Å². The highest BCUT2D eigenvalue weighted by Gasteiger charge is 2.36. The van der Waals surface area contributed by atoms with Crippen LogP contribution in [0.5, 0.6) is 0 Å². The Balaban J connectivity index is 1.79. The fraction of sp³-hybridized carbons (Fsp3) is 0.419. The molecular formula is C31H34F3N7O4. The van der Waals surface area contributed by atoms with Gasteiger partial charge in [0.15, 0.2) is 23.0 Å². The quantitative estimate of drug-likeness (QED) is 0.236. The van der Waals surface area contributed by atoms with Gasteiger partial charge < -0.3 is 19.7 Å². The molecule has 14 heteroatoms. The van der Waals surface area contributed by atoms with Crippen molar-refractivity contribution in [2.75, 3.05) is 24.5 Å². The molecule has 4 heterocycles. The molecule has 1 aliphatic heterocycles. The SMILES string of the molecule is CCc1ncnc(CC)c1-n1c(=O)nc(N2CCN(C(=O)OC(C)(C)C)C[C@@H]2C)c2cc(F)c(-c3c(F)cccc3F)[n+]([O-])c21. The molecule has 1 aliphatic rings. The van der Waals surface area contributed by atoms with Crippen LogP contribution in [0.15, 0.2) is 35.4 Å². The highest BCUT2D eigenvalue weighted by Crippen LogP contribution is 2.33. The number of carbonyl (C=O) groups is 1. The number of carbonyl (C=O) groups excluding carboxylic acids is 1. The number of hydrogen-bond acceptors (Lipinski definition) is 8. The molecule has 0 aliphatic carbocycles. The Labute approximate surface area is 257 Å². The normalized spacial score (nSPS) is 15.5. The summed E-state index contributed by atoms with van der Waals surface area (Å²) >= 11 is 0. The van der Waals surface area contributed by atoms with E-state index in [1.807, 2.05) is 0 Å². The monoisotopic (exact) mass is 625 g/mol. The van der Waals surface area contributed by atoms with Crippen molar-refractivity contribution in [3.05, 3.63) is 75.1 Å². The van der Waals surface area contributed by atoms with Crippen LogP contribution in [0.3, 0.4) is 0 Å². The smallest absolute Gasteiger partial charge is 0.442 e. The molecule has 5 rings (SSSR count). The van der Waals surface area contributed by atoms with Gasteiger partial charge in [-0.05, 0) is 58.7 Å². The van der Waals surface area contributed by atoms with Crippen LogP contribution in [0.4, 0.5) is 23.8 Å². The summed E-state index contributed by atoms with van der Waals surface area (Å²) in [6, 6.07) is 3.43. The van der Waals surface area contributed by atoms with Crippen molar-refractivity contribution in [3.8, 4) is 16.9 Å². The molecule has 1 atom stereocenters. The van der Waals surface area contributed by atoms with E-state index < -0.39 is 57.8 Å². The molecule has 4 aromatic rings. The molecule has 11 nitrogen and oxygen atoms in total. The lowest BCUT2D eigenvalue weighted by molar-refractivity contribution is -0.569. The molecule has 0 unspecified atom stereocenters. The number of aryl methyl sites for hydroxylation is 2. The second-order valence-corrected chi connectivity index (χ2v) is 11.8. The van der Waals surface area contributed by atoms with E-state index in [2.05, 4.69) is 15.0 Å². The van der Waals surface area contributed by atoms with E-state index in [-0.39, 0.29) is 41.3 Å². The van der Waals surface area contributed by atoms with Crippen LogP contribution < -0.4 is 15.3 Å². The van der Waals surface area contributed by atoms with Crippen LogP contribution in [-0.4, -0.2) is 61.8 Å². The Morgan fingerprint density at radius 1 is 1.07 bits per heavy atom. The minimum atomic E-state index is -1.22. The number of ether oxygens (including phenoxy) is 1. The minimum Gasteiger partial charge on any atom is -0.710 e. The maximum Gasteiger partial charge on any atom is 0.442 e. The van der Waals surface area contributed by atoms with Crippen LogP contribution in [0.1, 0.15) is 52.9 Å². The Morgan fingerprint density at radius 3 is 2.24 bits per heavy atom. The van der Waals surface area contributed by atoms with E-state index in [1.165, 1.54) is 11.2 Å². The molecule has 238 valence electrons. The van der Waals surface area contributed by atoms with Gasteiger partial charge in [-0.3, -0.25) is 0 Å². The Morgan fingerprint density at radius 2 is 1.69 bits per heavy atom. The second kappa shape index (κ2) is 12.0. The van der Waals surface area contributed by atoms with Gasteiger partial charge in [-0.1, -0.05) is 19.9 Å². The maximum atomic E-state index is 15.9. The van der Waals surface area contributed by atoms with Gasteiger partial charge in [0.1, 0.15) is 28.9 Å². The number of amides is 1. The number of rotatable bonds is 5. The molecule has 1 aromatic carbocycles. The maximum absolute atomic E-state index is 15.9. The molecule has 0 spiro atoms. The lowest BCUT2D eigenvalue weighted by Gasteiger charge is -2.40. The predicted molar refractivity (Wildman–Crippen MR) is 161 cm³/mol. The summed E-state index contributed by atoms with van der Waals surface area (Å²) in [6.45, 7) is 11.2. The number of fused-ring (bicyclic) bond motifs is 1. The van der Waals surface area contributed by atoms with E-state index in [9.17, 15) is 23.6 Å². The van der Waals surface area contributed by atoms with Gasteiger partial charge in [-0.2, -0.15) is 4.98 Å². The van der Waals surface area contributed by atoms with Gasteiger partial charge in [0, 0.05) is 25.7 Å². The van der Waals surface area contributed by atoms with Crippen molar-refractivity contribution >= 4 is 22.9 Å². The summed E-state index contributed by atoms with van der Waals surface area (Å²) in [4.78, 5) is 42.9. The Kier molecular flexibility index (Phi) is 8.43. The zero-order valence-electron chi connectivity index (χ0n) is 25.9. The topological polar surface area (TPSA) is 120 Å². The summed E-state index contributed by atoms with van der Waals surface area (Å²) in [5.41, 5.74) is -2.78. The number of halogens is 3. The molecule has 45 heavy (non-hydrogen) atoms. The summed E-state index contributed by atoms with van der Waals surface area (Å²) in [5.74, 6) is -3.54. The molecule has 1 amide bonds. The molecule has 1 saturated heterocycles. The van der Waals surface area contributed by atoms with Crippen molar-refractivity contribution in [2.24, 2.45) is 0 Å². The third-order valence-corrected chi connectivity index (χ3v) is 7.60. The molecule has 3 aromatic heterocycles. The average molecular weight is 626 g/mol. The highest BCUT2D eigenvalue weighted by molar-refractivity contribution is 5.88. The van der Waals surface area contributed by atoms with Gasteiger partial charge in [0.05, 0.1) is 17.0 Å². The van der Waals surface area contributed by atoms with Crippen molar-refractivity contribution in [2.45, 2.75) is 66.0 Å². The van der Waals surface area contributed by atoms with Crippen LogP contribution >= 0.6 is 0 Å². The first kappa shape index (κ1) is 31.7. The lowest BCUT2D eigenvalue weighted by Crippen LogP contribution is -2.55. The van der Waals surface area contributed by atoms with E-state index in [0.717, 1.165) is 28.8 Å². The number of piperazine rings is 1. The van der Waals surface area contributed by atoms with E-state index in [1.54, 1.807) is 46.4 Å². The summed E-state index contributed by atoms with van der Waals surface area (Å²) in [5, 5.41) is 14.1. The first-order valence-corrected chi connectivity index (χ1v) is 14.7. The van der Waals surface area contributed by atoms with Crippen molar-refractivity contribution in [1.29, 1.82) is 0 Å². The first-order valence-electron chi connectivity index (χ1n) is 14.7. The fourth-order valence-electron chi connectivity index (χ4n) is 5.60. The van der Waals surface area contributed by atoms with E-state index in [0.29, 0.717) is 24.2 Å². The highest BCUT2D eigenvalue weighted by atomic mass is 19.1. The number of nitrogens with zero attached hydrogens (tertiary/aromatic N) is 7. The Bertz CT molecular complexity index is 1820. The first-order chi connectivity index (χ1) is 21.3. The summed E-state index contributed by atoms with van der Waals surface area (Å²) in [7, 11) is 0. The fourth-order valence-corrected chi connectivity index (χ4v) is 5.60. The number of benzene rings is 1. The van der Waals surface area contributed by atoms with E-state index >= 15 is 4.39 Å². The standard InChI is InChI=1S/C31H34F3N7O4/c1-7-22-26(23(8-2)36-16-35-22)40-28-18(14-21(34)25(41(28)44)24-19(32)10-9-11-20(24)33)27(37-29(40)42)39-13-12-38(15-17(39)3)30(43)45-31(4,5)6/h9-11,14,16-17H,7-8,12-13,15H2,1-6H3/t17-/m0/s1. The molecule has 0 bridgehead atoms. The van der Waals surface area contributed by atoms with Gasteiger partial charge in [-0.15, -0.1) is 4.57 Å². The summed E-state index contributed by atoms with van der Waals surface area (Å²) < 4.78 is 52.4. The molecule has 0 radical (unpaired) electrons. The second-order valence-electron chi connectivity index (χ2n) is 11.8. The molecular weight excluding hydrogens is 591 g/mol. The van der Waals surface area contributed by atoms with E-state index in [4.69, 9.17) is 4.74 Å². The minimum absolute atomic E-state index is 0.0143.